The third kappa shape index (κ3) is 4.86. The van der Waals surface area contributed by atoms with Crippen LogP contribution in [0.25, 0.3) is 5.57 Å². The average molecular weight is 330 g/mol. The monoisotopic (exact) mass is 330 g/mol. The van der Waals surface area contributed by atoms with Crippen LogP contribution in [-0.4, -0.2) is 20.8 Å². The molecule has 0 radical (unpaired) electrons. The summed E-state index contributed by atoms with van der Waals surface area (Å²) in [6.07, 6.45) is 2.60. The Labute approximate surface area is 140 Å². The molecular weight excluding hydrogens is 311 g/mol. The number of benzene rings is 2. The van der Waals surface area contributed by atoms with Crippen LogP contribution in [0.5, 0.6) is 17.2 Å². The second-order valence-corrected chi connectivity index (χ2v) is 4.87. The van der Waals surface area contributed by atoms with E-state index in [4.69, 9.17) is 18.9 Å². The molecule has 0 saturated carbocycles. The van der Waals surface area contributed by atoms with E-state index in [1.165, 1.54) is 24.7 Å². The first kappa shape index (κ1) is 17.6. The summed E-state index contributed by atoms with van der Waals surface area (Å²) in [5.41, 5.74) is 1.36. The van der Waals surface area contributed by atoms with Gasteiger partial charge in [0.25, 0.3) is 0 Å². The van der Waals surface area contributed by atoms with Gasteiger partial charge in [0.1, 0.15) is 24.0 Å². The highest BCUT2D eigenvalue weighted by Crippen LogP contribution is 2.22. The predicted molar refractivity (Wildman–Crippen MR) is 90.7 cm³/mol. The van der Waals surface area contributed by atoms with Crippen LogP contribution < -0.4 is 14.2 Å². The molecule has 0 amide bonds. The normalized spacial score (nSPS) is 10.6. The molecule has 2 aromatic carbocycles. The highest BCUT2D eigenvalue weighted by Gasteiger charge is 2.06. The topological polar surface area (TPSA) is 36.9 Å². The minimum atomic E-state index is -0.487. The van der Waals surface area contributed by atoms with Gasteiger partial charge in [0, 0.05) is 7.11 Å². The third-order valence-electron chi connectivity index (χ3n) is 3.17. The van der Waals surface area contributed by atoms with Crippen molar-refractivity contribution in [2.24, 2.45) is 0 Å². The highest BCUT2D eigenvalue weighted by atomic mass is 19.1. The molecule has 0 fully saturated rings. The number of hydrogen-bond acceptors (Lipinski definition) is 4. The minimum Gasteiger partial charge on any atom is -0.497 e. The molecule has 0 aliphatic heterocycles. The Hall–Kier alpha value is -2.79. The van der Waals surface area contributed by atoms with Gasteiger partial charge >= 0.3 is 0 Å². The fraction of sp³-hybridized carbons (Fsp3) is 0.158. The zero-order valence-corrected chi connectivity index (χ0v) is 13.6. The van der Waals surface area contributed by atoms with Crippen molar-refractivity contribution in [2.45, 2.75) is 0 Å². The van der Waals surface area contributed by atoms with Gasteiger partial charge in [-0.3, -0.25) is 0 Å². The van der Waals surface area contributed by atoms with Crippen LogP contribution in [0.1, 0.15) is 5.56 Å². The number of halogens is 1. The van der Waals surface area contributed by atoms with Crippen molar-refractivity contribution >= 4 is 5.57 Å². The van der Waals surface area contributed by atoms with Crippen molar-refractivity contribution in [3.8, 4) is 17.2 Å². The fourth-order valence-electron chi connectivity index (χ4n) is 1.94. The molecule has 0 bridgehead atoms. The lowest BCUT2D eigenvalue weighted by molar-refractivity contribution is 0.240. The van der Waals surface area contributed by atoms with Crippen LogP contribution in [0.15, 0.2) is 61.6 Å². The molecule has 0 heterocycles. The van der Waals surface area contributed by atoms with E-state index in [1.54, 1.807) is 44.6 Å². The molecule has 0 spiro atoms. The molecule has 126 valence electrons. The van der Waals surface area contributed by atoms with E-state index in [0.717, 1.165) is 5.75 Å². The van der Waals surface area contributed by atoms with E-state index >= 15 is 0 Å². The van der Waals surface area contributed by atoms with E-state index in [-0.39, 0.29) is 5.75 Å². The van der Waals surface area contributed by atoms with E-state index < -0.39 is 5.82 Å². The first-order valence-electron chi connectivity index (χ1n) is 7.23. The summed E-state index contributed by atoms with van der Waals surface area (Å²) in [5, 5.41) is 0. The average Bonchev–Trinajstić information content (AvgIpc) is 2.60. The minimum absolute atomic E-state index is 0.0959. The molecular formula is C19H19FO4. The molecule has 5 heteroatoms. The molecule has 2 rings (SSSR count). The van der Waals surface area contributed by atoms with Crippen molar-refractivity contribution in [3.63, 3.8) is 0 Å². The molecule has 24 heavy (non-hydrogen) atoms. The molecule has 0 unspecified atom stereocenters. The van der Waals surface area contributed by atoms with Crippen LogP contribution in [0.2, 0.25) is 0 Å². The van der Waals surface area contributed by atoms with E-state index in [9.17, 15) is 4.39 Å². The van der Waals surface area contributed by atoms with Crippen LogP contribution >= 0.6 is 0 Å². The molecule has 0 saturated heterocycles. The summed E-state index contributed by atoms with van der Waals surface area (Å²) in [5.74, 6) is 0.958. The lowest BCUT2D eigenvalue weighted by atomic mass is 10.1. The SMILES string of the molecule is C=C(COC)c1ccc(O/C=C\Oc2ccc(OC)cc2)c(F)c1. The maximum Gasteiger partial charge on any atom is 0.166 e. The first-order valence-corrected chi connectivity index (χ1v) is 7.23. The maximum absolute atomic E-state index is 14.0. The molecule has 4 nitrogen and oxygen atoms in total. The van der Waals surface area contributed by atoms with Crippen molar-refractivity contribution in [2.75, 3.05) is 20.8 Å². The largest absolute Gasteiger partial charge is 0.497 e. The quantitative estimate of drug-likeness (QED) is 0.671. The van der Waals surface area contributed by atoms with E-state index in [0.29, 0.717) is 23.5 Å². The number of ether oxygens (including phenoxy) is 4. The first-order chi connectivity index (χ1) is 11.6. The standard InChI is InChI=1S/C19H19FO4/c1-14(13-21-2)15-4-9-19(18(20)12-15)24-11-10-23-17-7-5-16(22-3)6-8-17/h4-12H,1,13H2,2-3H3/b11-10-. The van der Waals surface area contributed by atoms with Gasteiger partial charge in [0.2, 0.25) is 0 Å². The van der Waals surface area contributed by atoms with Gasteiger partial charge in [-0.05, 0) is 47.5 Å². The fourth-order valence-corrected chi connectivity index (χ4v) is 1.94. The second kappa shape index (κ2) is 8.74. The summed E-state index contributed by atoms with van der Waals surface area (Å²) in [6, 6.07) is 11.7. The van der Waals surface area contributed by atoms with Crippen LogP contribution in [-0.2, 0) is 4.74 Å². The van der Waals surface area contributed by atoms with Crippen LogP contribution in [0, 0.1) is 5.82 Å². The lowest BCUT2D eigenvalue weighted by Crippen LogP contribution is -1.95. The van der Waals surface area contributed by atoms with Crippen LogP contribution in [0.3, 0.4) is 0 Å². The maximum atomic E-state index is 14.0. The van der Waals surface area contributed by atoms with Crippen molar-refractivity contribution < 1.29 is 23.3 Å². The number of methoxy groups -OCH3 is 2. The van der Waals surface area contributed by atoms with Gasteiger partial charge in [-0.15, -0.1) is 0 Å². The Kier molecular flexibility index (Phi) is 6.40. The van der Waals surface area contributed by atoms with E-state index in [2.05, 4.69) is 6.58 Å². The van der Waals surface area contributed by atoms with E-state index in [1.807, 2.05) is 0 Å². The van der Waals surface area contributed by atoms with Gasteiger partial charge < -0.3 is 18.9 Å². The molecule has 0 atom stereocenters. The Morgan fingerprint density at radius 1 is 1.00 bits per heavy atom. The Morgan fingerprint density at radius 2 is 1.67 bits per heavy atom. The smallest absolute Gasteiger partial charge is 0.166 e. The summed E-state index contributed by atoms with van der Waals surface area (Å²) in [6.45, 7) is 4.17. The Morgan fingerprint density at radius 3 is 2.29 bits per heavy atom. The number of rotatable bonds is 8. The third-order valence-corrected chi connectivity index (χ3v) is 3.17. The Bertz CT molecular complexity index is 708. The highest BCUT2D eigenvalue weighted by molar-refractivity contribution is 5.64. The lowest BCUT2D eigenvalue weighted by Gasteiger charge is -2.07. The zero-order chi connectivity index (χ0) is 17.4. The molecule has 0 N–H and O–H groups in total. The predicted octanol–water partition coefficient (Wildman–Crippen LogP) is 4.42. The van der Waals surface area contributed by atoms with Crippen molar-refractivity contribution in [1.82, 2.24) is 0 Å². The van der Waals surface area contributed by atoms with Crippen molar-refractivity contribution in [3.05, 3.63) is 72.9 Å². The number of hydrogen-bond donors (Lipinski definition) is 0. The zero-order valence-electron chi connectivity index (χ0n) is 13.6. The summed E-state index contributed by atoms with van der Waals surface area (Å²) >= 11 is 0. The summed E-state index contributed by atoms with van der Waals surface area (Å²) < 4.78 is 34.6. The Balaban J connectivity index is 1.92. The molecule has 0 aliphatic rings. The van der Waals surface area contributed by atoms with Crippen LogP contribution in [0.4, 0.5) is 4.39 Å². The summed E-state index contributed by atoms with van der Waals surface area (Å²) in [7, 11) is 3.15. The molecule has 0 aromatic heterocycles. The molecule has 2 aromatic rings. The van der Waals surface area contributed by atoms with Gasteiger partial charge in [-0.1, -0.05) is 12.6 Å². The van der Waals surface area contributed by atoms with Gasteiger partial charge in [-0.25, -0.2) is 4.39 Å². The summed E-state index contributed by atoms with van der Waals surface area (Å²) in [4.78, 5) is 0. The van der Waals surface area contributed by atoms with Gasteiger partial charge in [0.05, 0.1) is 13.7 Å². The molecule has 0 aliphatic carbocycles. The van der Waals surface area contributed by atoms with Gasteiger partial charge in [0.15, 0.2) is 11.6 Å². The second-order valence-electron chi connectivity index (χ2n) is 4.87. The van der Waals surface area contributed by atoms with Crippen molar-refractivity contribution in [1.29, 1.82) is 0 Å². The van der Waals surface area contributed by atoms with Gasteiger partial charge in [-0.2, -0.15) is 0 Å².